The number of hydrogen-bond donors (Lipinski definition) is 1. The molecule has 32 heavy (non-hydrogen) atoms. The fourth-order valence-electron chi connectivity index (χ4n) is 3.54. The van der Waals surface area contributed by atoms with Crippen molar-refractivity contribution in [1.29, 1.82) is 0 Å². The number of alkyl halides is 4. The third kappa shape index (κ3) is 4.85. The number of carboxylic acids is 1. The van der Waals surface area contributed by atoms with Crippen molar-refractivity contribution in [3.63, 3.8) is 0 Å². The highest BCUT2D eigenvalue weighted by molar-refractivity contribution is 5.81. The Morgan fingerprint density at radius 1 is 1.06 bits per heavy atom. The van der Waals surface area contributed by atoms with Crippen LogP contribution >= 0.6 is 0 Å². The summed E-state index contributed by atoms with van der Waals surface area (Å²) < 4.78 is 60.1. The molecule has 0 heterocycles. The summed E-state index contributed by atoms with van der Waals surface area (Å²) in [6.07, 6.45) is -4.96. The molecule has 1 aliphatic rings. The lowest BCUT2D eigenvalue weighted by molar-refractivity contribution is -0.171. The molecule has 3 rings (SSSR count). The van der Waals surface area contributed by atoms with Crippen LogP contribution in [0, 0.1) is 0 Å². The summed E-state index contributed by atoms with van der Waals surface area (Å²) in [5, 5.41) is 9.31. The van der Waals surface area contributed by atoms with Crippen molar-refractivity contribution in [3.8, 4) is 11.1 Å². The van der Waals surface area contributed by atoms with Crippen molar-refractivity contribution in [2.45, 2.75) is 24.3 Å². The molecule has 2 aromatic rings. The van der Waals surface area contributed by atoms with Crippen LogP contribution in [0.1, 0.15) is 17.0 Å². The number of halogens is 4. The minimum Gasteiger partial charge on any atom is -0.480 e. The zero-order valence-corrected chi connectivity index (χ0v) is 17.0. The molecule has 0 aliphatic heterocycles. The van der Waals surface area contributed by atoms with Gasteiger partial charge < -0.3 is 14.6 Å². The summed E-state index contributed by atoms with van der Waals surface area (Å²) in [7, 11) is 1.10. The first-order valence-electron chi connectivity index (χ1n) is 9.67. The quantitative estimate of drug-likeness (QED) is 0.573. The summed E-state index contributed by atoms with van der Waals surface area (Å²) in [5.41, 5.74) is 3.93. The van der Waals surface area contributed by atoms with E-state index in [4.69, 9.17) is 4.74 Å². The van der Waals surface area contributed by atoms with E-state index in [2.05, 4.69) is 4.74 Å². The van der Waals surface area contributed by atoms with Crippen molar-refractivity contribution in [3.05, 3.63) is 59.7 Å². The SMILES string of the molecule is CN(C(=O)OCC1c2ccccc2-c2ccccc21)[C@@H](COCC(F)(F)C(F)F)C(=O)O. The average Bonchev–Trinajstić information content (AvgIpc) is 3.08. The number of likely N-dealkylation sites (N-methyl/N-ethyl adjacent to an activating group) is 1. The number of benzene rings is 2. The van der Waals surface area contributed by atoms with E-state index in [1.807, 2.05) is 48.5 Å². The van der Waals surface area contributed by atoms with Gasteiger partial charge in [-0.05, 0) is 22.3 Å². The van der Waals surface area contributed by atoms with E-state index in [1.54, 1.807) is 0 Å². The molecule has 0 saturated carbocycles. The Kier molecular flexibility index (Phi) is 7.02. The number of amides is 1. The Bertz CT molecular complexity index is 939. The van der Waals surface area contributed by atoms with Gasteiger partial charge >= 0.3 is 24.4 Å². The second-order valence-electron chi connectivity index (χ2n) is 7.35. The van der Waals surface area contributed by atoms with Gasteiger partial charge in [-0.3, -0.25) is 4.90 Å². The molecule has 1 atom stereocenters. The van der Waals surface area contributed by atoms with E-state index in [0.717, 1.165) is 29.3 Å². The first-order valence-corrected chi connectivity index (χ1v) is 9.67. The van der Waals surface area contributed by atoms with Crippen molar-refractivity contribution < 1.29 is 41.7 Å². The third-order valence-electron chi connectivity index (χ3n) is 5.27. The largest absolute Gasteiger partial charge is 0.480 e. The van der Waals surface area contributed by atoms with Crippen LogP contribution in [-0.4, -0.2) is 67.3 Å². The van der Waals surface area contributed by atoms with E-state index in [-0.39, 0.29) is 12.5 Å². The van der Waals surface area contributed by atoms with Gasteiger partial charge in [0.25, 0.3) is 0 Å². The zero-order valence-electron chi connectivity index (χ0n) is 17.0. The Labute approximate surface area is 181 Å². The molecule has 1 amide bonds. The molecule has 10 heteroatoms. The van der Waals surface area contributed by atoms with Crippen molar-refractivity contribution >= 4 is 12.1 Å². The van der Waals surface area contributed by atoms with Crippen LogP contribution in [0.2, 0.25) is 0 Å². The monoisotopic (exact) mass is 455 g/mol. The molecule has 0 bridgehead atoms. The normalized spacial score (nSPS) is 14.1. The molecule has 0 radical (unpaired) electrons. The van der Waals surface area contributed by atoms with Crippen LogP contribution in [0.15, 0.2) is 48.5 Å². The summed E-state index contributed by atoms with van der Waals surface area (Å²) in [4.78, 5) is 24.6. The molecule has 0 spiro atoms. The maximum atomic E-state index is 13.0. The highest BCUT2D eigenvalue weighted by Crippen LogP contribution is 2.44. The minimum absolute atomic E-state index is 0.0755. The fraction of sp³-hybridized carbons (Fsp3) is 0.364. The van der Waals surface area contributed by atoms with Gasteiger partial charge in [0.05, 0.1) is 6.61 Å². The van der Waals surface area contributed by atoms with E-state index >= 15 is 0 Å². The average molecular weight is 455 g/mol. The number of fused-ring (bicyclic) bond motifs is 3. The second-order valence-corrected chi connectivity index (χ2v) is 7.35. The molecular weight excluding hydrogens is 434 g/mol. The molecule has 0 aromatic heterocycles. The van der Waals surface area contributed by atoms with Crippen LogP contribution in [0.5, 0.6) is 0 Å². The van der Waals surface area contributed by atoms with Gasteiger partial charge in [0, 0.05) is 13.0 Å². The molecule has 172 valence electrons. The van der Waals surface area contributed by atoms with E-state index in [0.29, 0.717) is 4.90 Å². The molecule has 0 fully saturated rings. The zero-order chi connectivity index (χ0) is 23.5. The number of aliphatic carboxylic acids is 1. The van der Waals surface area contributed by atoms with E-state index < -0.39 is 43.7 Å². The number of carbonyl (C=O) groups excluding carboxylic acids is 1. The smallest absolute Gasteiger partial charge is 0.410 e. The van der Waals surface area contributed by atoms with Gasteiger partial charge in [-0.15, -0.1) is 0 Å². The highest BCUT2D eigenvalue weighted by Gasteiger charge is 2.41. The summed E-state index contributed by atoms with van der Waals surface area (Å²) in [5.74, 6) is -6.24. The Hall–Kier alpha value is -3.14. The van der Waals surface area contributed by atoms with E-state index in [1.165, 1.54) is 0 Å². The first-order chi connectivity index (χ1) is 15.1. The summed E-state index contributed by atoms with van der Waals surface area (Å²) in [6, 6.07) is 13.5. The molecular formula is C22H21F4NO5. The number of carboxylic acid groups (broad SMARTS) is 1. The summed E-state index contributed by atoms with van der Waals surface area (Å²) in [6.45, 7) is -2.65. The predicted octanol–water partition coefficient (Wildman–Crippen LogP) is 4.24. The van der Waals surface area contributed by atoms with Gasteiger partial charge in [-0.25, -0.2) is 18.4 Å². The number of rotatable bonds is 9. The van der Waals surface area contributed by atoms with Crippen LogP contribution in [0.4, 0.5) is 22.4 Å². The molecule has 2 aromatic carbocycles. The van der Waals surface area contributed by atoms with Crippen molar-refractivity contribution in [1.82, 2.24) is 4.90 Å². The van der Waals surface area contributed by atoms with Crippen LogP contribution < -0.4 is 0 Å². The predicted molar refractivity (Wildman–Crippen MR) is 106 cm³/mol. The topological polar surface area (TPSA) is 76.1 Å². The Morgan fingerprint density at radius 3 is 2.09 bits per heavy atom. The third-order valence-corrected chi connectivity index (χ3v) is 5.27. The Balaban J connectivity index is 1.64. The number of nitrogens with zero attached hydrogens (tertiary/aromatic N) is 1. The second kappa shape index (κ2) is 9.56. The number of carbonyl (C=O) groups is 2. The van der Waals surface area contributed by atoms with Crippen molar-refractivity contribution in [2.75, 3.05) is 26.9 Å². The fourth-order valence-corrected chi connectivity index (χ4v) is 3.54. The van der Waals surface area contributed by atoms with Gasteiger partial charge in [0.2, 0.25) is 0 Å². The van der Waals surface area contributed by atoms with E-state index in [9.17, 15) is 32.3 Å². The standard InChI is InChI=1S/C22H21F4NO5/c1-27(18(19(28)29)11-31-12-22(25,26)20(23)24)21(30)32-10-17-15-8-4-2-6-13(15)14-7-3-5-9-16(14)17/h2-9,17-18,20H,10-12H2,1H3,(H,28,29)/t18-/m0/s1. The van der Waals surface area contributed by atoms with Crippen molar-refractivity contribution in [2.24, 2.45) is 0 Å². The lowest BCUT2D eigenvalue weighted by atomic mass is 9.98. The molecule has 6 nitrogen and oxygen atoms in total. The van der Waals surface area contributed by atoms with Gasteiger partial charge in [-0.2, -0.15) is 8.78 Å². The highest BCUT2D eigenvalue weighted by atomic mass is 19.3. The lowest BCUT2D eigenvalue weighted by Gasteiger charge is -2.25. The summed E-state index contributed by atoms with van der Waals surface area (Å²) >= 11 is 0. The Morgan fingerprint density at radius 2 is 1.59 bits per heavy atom. The molecule has 1 aliphatic carbocycles. The van der Waals surface area contributed by atoms with Gasteiger partial charge in [0.15, 0.2) is 6.04 Å². The number of ether oxygens (including phenoxy) is 2. The van der Waals surface area contributed by atoms with Gasteiger partial charge in [-0.1, -0.05) is 48.5 Å². The maximum Gasteiger partial charge on any atom is 0.410 e. The number of hydrogen-bond acceptors (Lipinski definition) is 4. The maximum absolute atomic E-state index is 13.0. The van der Waals surface area contributed by atoms with Crippen LogP contribution in [0.3, 0.4) is 0 Å². The minimum atomic E-state index is -4.43. The van der Waals surface area contributed by atoms with Crippen LogP contribution in [0.25, 0.3) is 11.1 Å². The van der Waals surface area contributed by atoms with Gasteiger partial charge in [0.1, 0.15) is 13.2 Å². The van der Waals surface area contributed by atoms with Crippen LogP contribution in [-0.2, 0) is 14.3 Å². The molecule has 1 N–H and O–H groups in total. The molecule has 0 unspecified atom stereocenters. The molecule has 0 saturated heterocycles. The lowest BCUT2D eigenvalue weighted by Crippen LogP contribution is -2.46. The first kappa shape index (κ1) is 23.5.